The molecule has 0 aromatic rings. The smallest absolute Gasteiger partial charge is 0.589 e. The van der Waals surface area contributed by atoms with Gasteiger partial charge in [-0.3, -0.25) is 4.79 Å². The molecule has 28 heavy (non-hydrogen) atoms. The summed E-state index contributed by atoms with van der Waals surface area (Å²) in [7, 11) is 0. The molecule has 0 saturated heterocycles. The predicted octanol–water partition coefficient (Wildman–Crippen LogP) is 2.89. The van der Waals surface area contributed by atoms with Gasteiger partial charge in [0.1, 0.15) is 11.6 Å². The van der Waals surface area contributed by atoms with Crippen LogP contribution in [0.1, 0.15) is 41.5 Å². The molecule has 144 valence electrons. The summed E-state index contributed by atoms with van der Waals surface area (Å²) in [6.45, 7) is 21.8. The van der Waals surface area contributed by atoms with E-state index in [1.54, 1.807) is 6.07 Å². The SMILES string of the molecule is [C-]#[N+]/C(C(C)=O)=C(\C)[O][Al]([O]/C(C)=C(/C#N)C(C)=O)[O]/C(C)=C(/[N+]#[C-])C(C)=O. The third-order valence-electron chi connectivity index (χ3n) is 3.19. The fraction of sp³-hybridized carbons (Fsp3) is 0.333. The summed E-state index contributed by atoms with van der Waals surface area (Å²) in [5.41, 5.74) is -0.823. The average molecular weight is 399 g/mol. The summed E-state index contributed by atoms with van der Waals surface area (Å²) >= 11 is -3.31. The lowest BCUT2D eigenvalue weighted by atomic mass is 10.2. The Bertz CT molecular complexity index is 790. The Morgan fingerprint density at radius 3 is 1.36 bits per heavy atom. The Kier molecular flexibility index (Phi) is 10.0. The number of carbonyl (C=O) groups is 3. The van der Waals surface area contributed by atoms with Gasteiger partial charge >= 0.3 is 15.1 Å². The zero-order valence-electron chi connectivity index (χ0n) is 16.4. The quantitative estimate of drug-likeness (QED) is 0.193. The number of Topliss-reactive ketones (excluding diaryl/α,β-unsaturated/α-hetero) is 3. The summed E-state index contributed by atoms with van der Waals surface area (Å²) in [5.74, 6) is -1.84. The highest BCUT2D eigenvalue weighted by Crippen LogP contribution is 2.18. The average Bonchev–Trinajstić information content (AvgIpc) is 2.55. The van der Waals surface area contributed by atoms with E-state index in [4.69, 9.17) is 29.8 Å². The molecule has 0 unspecified atom stereocenters. The second-order valence-electron chi connectivity index (χ2n) is 5.39. The Balaban J connectivity index is 6.15. The van der Waals surface area contributed by atoms with Crippen LogP contribution in [0.2, 0.25) is 0 Å². The van der Waals surface area contributed by atoms with Crippen LogP contribution in [0.4, 0.5) is 0 Å². The first-order chi connectivity index (χ1) is 13.0. The first-order valence-corrected chi connectivity index (χ1v) is 9.21. The molecule has 9 nitrogen and oxygen atoms in total. The number of rotatable bonds is 9. The summed E-state index contributed by atoms with van der Waals surface area (Å²) < 4.78 is 16.5. The second kappa shape index (κ2) is 11.4. The Morgan fingerprint density at radius 1 is 0.750 bits per heavy atom. The lowest BCUT2D eigenvalue weighted by Crippen LogP contribution is -2.27. The zero-order chi connectivity index (χ0) is 22.0. The van der Waals surface area contributed by atoms with Gasteiger partial charge in [-0.2, -0.15) is 5.26 Å². The number of allylic oxidation sites excluding steroid dienone is 6. The molecule has 0 fully saturated rings. The maximum atomic E-state index is 11.5. The molecule has 0 bridgehead atoms. The predicted molar refractivity (Wildman–Crippen MR) is 98.0 cm³/mol. The van der Waals surface area contributed by atoms with Gasteiger partial charge in [-0.1, -0.05) is 0 Å². The van der Waals surface area contributed by atoms with Crippen molar-refractivity contribution in [2.24, 2.45) is 0 Å². The molecular formula is C18H18AlN3O6. The second-order valence-corrected chi connectivity index (χ2v) is 6.67. The summed E-state index contributed by atoms with van der Waals surface area (Å²) in [4.78, 5) is 40.7. The van der Waals surface area contributed by atoms with E-state index >= 15 is 0 Å². The van der Waals surface area contributed by atoms with Gasteiger partial charge in [0.05, 0.1) is 30.4 Å². The molecule has 0 radical (unpaired) electrons. The van der Waals surface area contributed by atoms with Crippen molar-refractivity contribution in [1.82, 2.24) is 0 Å². The molecular weight excluding hydrogens is 381 g/mol. The van der Waals surface area contributed by atoms with Crippen molar-refractivity contribution < 1.29 is 25.7 Å². The minimum Gasteiger partial charge on any atom is -0.589 e. The first kappa shape index (κ1) is 24.6. The van der Waals surface area contributed by atoms with Crippen molar-refractivity contribution >= 4 is 32.5 Å². The number of hydrogen-bond acceptors (Lipinski definition) is 7. The van der Waals surface area contributed by atoms with Gasteiger partial charge in [-0.15, -0.1) is 0 Å². The molecule has 10 heteroatoms. The molecule has 0 heterocycles. The normalized spacial score (nSPS) is 12.5. The van der Waals surface area contributed by atoms with Crippen LogP contribution in [0.15, 0.2) is 34.2 Å². The molecule has 0 aliphatic carbocycles. The molecule has 0 rings (SSSR count). The van der Waals surface area contributed by atoms with E-state index in [1.807, 2.05) is 0 Å². The molecule has 0 aliphatic rings. The van der Waals surface area contributed by atoms with Gasteiger partial charge in [-0.05, 0) is 41.5 Å². The van der Waals surface area contributed by atoms with Gasteiger partial charge in [0.25, 0.3) is 11.4 Å². The summed E-state index contributed by atoms with van der Waals surface area (Å²) in [6, 6.07) is 1.70. The fourth-order valence-electron chi connectivity index (χ4n) is 1.89. The Hall–Kier alpha value is -3.37. The van der Waals surface area contributed by atoms with Crippen LogP contribution in [-0.4, -0.2) is 32.5 Å². The molecule has 0 aliphatic heterocycles. The van der Waals surface area contributed by atoms with Crippen LogP contribution in [-0.2, 0) is 25.7 Å². The molecule has 0 spiro atoms. The van der Waals surface area contributed by atoms with Crippen molar-refractivity contribution in [2.75, 3.05) is 0 Å². The fourth-order valence-corrected chi connectivity index (χ4v) is 3.24. The largest absolute Gasteiger partial charge is 1.19 e. The number of hydrogen-bond donors (Lipinski definition) is 0. The van der Waals surface area contributed by atoms with Crippen LogP contribution in [0, 0.1) is 24.5 Å². The van der Waals surface area contributed by atoms with Crippen LogP contribution in [0.25, 0.3) is 9.69 Å². The highest BCUT2D eigenvalue weighted by Gasteiger charge is 2.46. The van der Waals surface area contributed by atoms with Gasteiger partial charge < -0.3 is 21.0 Å². The number of ketones is 3. The van der Waals surface area contributed by atoms with Crippen molar-refractivity contribution in [2.45, 2.75) is 41.5 Å². The topological polar surface area (TPSA) is 111 Å². The van der Waals surface area contributed by atoms with Gasteiger partial charge in [0.15, 0.2) is 17.3 Å². The van der Waals surface area contributed by atoms with Crippen molar-refractivity contribution in [3.63, 3.8) is 0 Å². The minimum atomic E-state index is -3.31. The monoisotopic (exact) mass is 399 g/mol. The molecule has 0 aromatic carbocycles. The molecule has 0 aromatic heterocycles. The highest BCUT2D eigenvalue weighted by molar-refractivity contribution is 6.38. The maximum Gasteiger partial charge on any atom is 1.19 e. The molecule has 0 N–H and O–H groups in total. The van der Waals surface area contributed by atoms with E-state index in [9.17, 15) is 14.4 Å². The number of carbonyl (C=O) groups excluding carboxylic acids is 3. The molecule has 0 amide bonds. The third-order valence-corrected chi connectivity index (χ3v) is 4.83. The number of nitriles is 1. The standard InChI is InChI=1S/3C6H7NO2.Al/c2*1-4(8)6(7-3)5(2)9;1-4(8)6(3-7)5(2)9;/h3*8H,1-2H3;/q;;;+3/p-3/b2*6-4+;6-4-;. The van der Waals surface area contributed by atoms with E-state index in [1.165, 1.54) is 41.5 Å². The van der Waals surface area contributed by atoms with E-state index in [0.29, 0.717) is 0 Å². The van der Waals surface area contributed by atoms with Crippen molar-refractivity contribution in [3.05, 3.63) is 57.1 Å². The lowest BCUT2D eigenvalue weighted by molar-refractivity contribution is -0.114. The Morgan fingerprint density at radius 2 is 1.11 bits per heavy atom. The van der Waals surface area contributed by atoms with Gasteiger partial charge in [0.2, 0.25) is 0 Å². The van der Waals surface area contributed by atoms with Crippen LogP contribution in [0.3, 0.4) is 0 Å². The van der Waals surface area contributed by atoms with Crippen molar-refractivity contribution in [1.29, 1.82) is 5.26 Å². The lowest BCUT2D eigenvalue weighted by Gasteiger charge is -2.19. The summed E-state index contributed by atoms with van der Waals surface area (Å²) in [5, 5.41) is 9.08. The molecule has 0 saturated carbocycles. The molecule has 0 atom stereocenters. The van der Waals surface area contributed by atoms with Gasteiger partial charge in [0, 0.05) is 0 Å². The van der Waals surface area contributed by atoms with Crippen LogP contribution < -0.4 is 0 Å². The van der Waals surface area contributed by atoms with E-state index < -0.39 is 32.5 Å². The number of nitrogens with zero attached hydrogens (tertiary/aromatic N) is 3. The minimum absolute atomic E-state index is 0.0757. The Labute approximate surface area is 168 Å². The first-order valence-electron chi connectivity index (χ1n) is 7.80. The third kappa shape index (κ3) is 7.10. The van der Waals surface area contributed by atoms with Crippen LogP contribution in [0.5, 0.6) is 0 Å². The van der Waals surface area contributed by atoms with E-state index in [0.717, 1.165) is 0 Å². The van der Waals surface area contributed by atoms with Crippen molar-refractivity contribution in [3.8, 4) is 6.07 Å². The van der Waals surface area contributed by atoms with Gasteiger partial charge in [-0.25, -0.2) is 9.69 Å². The maximum absolute atomic E-state index is 11.5. The zero-order valence-corrected chi connectivity index (χ0v) is 17.5. The van der Waals surface area contributed by atoms with E-state index in [-0.39, 0.29) is 34.2 Å². The highest BCUT2D eigenvalue weighted by atomic mass is 27.3. The van der Waals surface area contributed by atoms with Crippen LogP contribution >= 0.6 is 0 Å². The van der Waals surface area contributed by atoms with E-state index in [2.05, 4.69) is 9.69 Å². The summed E-state index contributed by atoms with van der Waals surface area (Å²) in [6.07, 6.45) is 0.